The number of nitrogens with zero attached hydrogens (tertiary/aromatic N) is 4. The number of amides is 1. The van der Waals surface area contributed by atoms with E-state index < -0.39 is 6.09 Å². The van der Waals surface area contributed by atoms with Gasteiger partial charge in [-0.2, -0.15) is 5.10 Å². The third-order valence-corrected chi connectivity index (χ3v) is 2.89. The van der Waals surface area contributed by atoms with E-state index in [-0.39, 0.29) is 0 Å². The molecule has 1 amide bonds. The van der Waals surface area contributed by atoms with Crippen molar-refractivity contribution in [2.45, 2.75) is 0 Å². The highest BCUT2D eigenvalue weighted by atomic mass is 79.9. The van der Waals surface area contributed by atoms with Crippen molar-refractivity contribution in [2.75, 3.05) is 5.43 Å². The van der Waals surface area contributed by atoms with Crippen molar-refractivity contribution in [2.24, 2.45) is 7.05 Å². The van der Waals surface area contributed by atoms with Crippen LogP contribution in [0.3, 0.4) is 0 Å². The Morgan fingerprint density at radius 2 is 2.38 bits per heavy atom. The van der Waals surface area contributed by atoms with Crippen LogP contribution in [-0.2, 0) is 7.05 Å². The van der Waals surface area contributed by atoms with Crippen molar-refractivity contribution in [3.05, 3.63) is 23.3 Å². The fourth-order valence-electron chi connectivity index (χ4n) is 1.23. The maximum absolute atomic E-state index is 10.4. The van der Waals surface area contributed by atoms with Crippen LogP contribution in [0.25, 0.3) is 11.3 Å². The second-order valence-corrected chi connectivity index (χ2v) is 3.81. The topological polar surface area (TPSA) is 85.0 Å². The summed E-state index contributed by atoms with van der Waals surface area (Å²) in [5, 5.41) is 12.6. The molecule has 0 saturated heterocycles. The number of aromatic nitrogens is 4. The van der Waals surface area contributed by atoms with Crippen molar-refractivity contribution in [1.82, 2.24) is 19.4 Å². The SMILES string of the molecule is Cn1ncc(-c2cn(NC(=O)O)cn2)c1Br. The van der Waals surface area contributed by atoms with Crippen molar-refractivity contribution < 1.29 is 9.90 Å². The van der Waals surface area contributed by atoms with Gasteiger partial charge in [0.1, 0.15) is 10.9 Å². The Morgan fingerprint density at radius 1 is 1.62 bits per heavy atom. The van der Waals surface area contributed by atoms with Gasteiger partial charge in [0.15, 0.2) is 0 Å². The fourth-order valence-corrected chi connectivity index (χ4v) is 1.62. The lowest BCUT2D eigenvalue weighted by Gasteiger charge is -1.97. The molecule has 0 aliphatic heterocycles. The smallest absolute Gasteiger partial charge is 0.424 e. The molecule has 0 aromatic carbocycles. The van der Waals surface area contributed by atoms with Gasteiger partial charge in [0.05, 0.1) is 23.7 Å². The monoisotopic (exact) mass is 285 g/mol. The van der Waals surface area contributed by atoms with E-state index in [1.54, 1.807) is 24.1 Å². The second-order valence-electron chi connectivity index (χ2n) is 3.06. The number of halogens is 1. The van der Waals surface area contributed by atoms with Gasteiger partial charge in [-0.05, 0) is 15.9 Å². The first-order valence-corrected chi connectivity index (χ1v) is 5.09. The zero-order valence-corrected chi connectivity index (χ0v) is 9.84. The minimum absolute atomic E-state index is 0.633. The molecular weight excluding hydrogens is 278 g/mol. The van der Waals surface area contributed by atoms with Crippen molar-refractivity contribution in [3.63, 3.8) is 0 Å². The molecule has 0 atom stereocenters. The quantitative estimate of drug-likeness (QED) is 0.870. The summed E-state index contributed by atoms with van der Waals surface area (Å²) < 4.78 is 3.70. The van der Waals surface area contributed by atoms with Gasteiger partial charge in [-0.25, -0.2) is 19.9 Å². The van der Waals surface area contributed by atoms with E-state index in [4.69, 9.17) is 5.11 Å². The largest absolute Gasteiger partial charge is 0.464 e. The highest BCUT2D eigenvalue weighted by molar-refractivity contribution is 9.10. The van der Waals surface area contributed by atoms with Gasteiger partial charge in [-0.3, -0.25) is 4.68 Å². The van der Waals surface area contributed by atoms with E-state index in [0.29, 0.717) is 5.69 Å². The maximum Gasteiger partial charge on any atom is 0.424 e. The van der Waals surface area contributed by atoms with Crippen LogP contribution in [-0.4, -0.2) is 30.6 Å². The first-order valence-electron chi connectivity index (χ1n) is 4.29. The van der Waals surface area contributed by atoms with Crippen LogP contribution in [0.5, 0.6) is 0 Å². The van der Waals surface area contributed by atoms with E-state index >= 15 is 0 Å². The summed E-state index contributed by atoms with van der Waals surface area (Å²) in [6, 6.07) is 0. The molecule has 84 valence electrons. The summed E-state index contributed by atoms with van der Waals surface area (Å²) in [7, 11) is 1.79. The Bertz CT molecular complexity index is 532. The second kappa shape index (κ2) is 3.97. The average Bonchev–Trinajstić information content (AvgIpc) is 2.75. The molecule has 2 heterocycles. The maximum atomic E-state index is 10.4. The van der Waals surface area contributed by atoms with Crippen LogP contribution >= 0.6 is 15.9 Å². The lowest BCUT2D eigenvalue weighted by atomic mass is 10.3. The van der Waals surface area contributed by atoms with E-state index in [1.807, 2.05) is 0 Å². The molecule has 0 aliphatic carbocycles. The Balaban J connectivity index is 2.31. The van der Waals surface area contributed by atoms with Gasteiger partial charge in [0.25, 0.3) is 0 Å². The molecule has 2 N–H and O–H groups in total. The predicted molar refractivity (Wildman–Crippen MR) is 59.5 cm³/mol. The summed E-state index contributed by atoms with van der Waals surface area (Å²) in [4.78, 5) is 14.5. The average molecular weight is 286 g/mol. The number of nitrogens with one attached hydrogen (secondary N) is 1. The Kier molecular flexibility index (Phi) is 2.65. The van der Waals surface area contributed by atoms with Crippen LogP contribution in [0, 0.1) is 0 Å². The Labute approximate surface area is 98.8 Å². The molecule has 0 aliphatic rings. The minimum atomic E-state index is -1.14. The first-order chi connectivity index (χ1) is 7.58. The van der Waals surface area contributed by atoms with Crippen molar-refractivity contribution >= 4 is 22.0 Å². The molecule has 0 bridgehead atoms. The molecular formula is C8H8BrN5O2. The standard InChI is InChI=1S/C8H8BrN5O2/c1-13-7(9)5(2-11-13)6-3-14(4-10-6)12-8(15)16/h2-4,12H,1H3,(H,15,16). The number of aryl methyl sites for hydroxylation is 1. The van der Waals surface area contributed by atoms with Crippen molar-refractivity contribution in [1.29, 1.82) is 0 Å². The molecule has 16 heavy (non-hydrogen) atoms. The Morgan fingerprint density at radius 3 is 2.94 bits per heavy atom. The molecule has 7 nitrogen and oxygen atoms in total. The molecule has 0 spiro atoms. The molecule has 0 unspecified atom stereocenters. The third kappa shape index (κ3) is 1.91. The van der Waals surface area contributed by atoms with Crippen LogP contribution in [0.4, 0.5) is 4.79 Å². The molecule has 8 heteroatoms. The number of rotatable bonds is 2. The zero-order valence-electron chi connectivity index (χ0n) is 8.25. The summed E-state index contributed by atoms with van der Waals surface area (Å²) in [5.41, 5.74) is 3.58. The normalized spacial score (nSPS) is 10.4. The molecule has 2 rings (SSSR count). The zero-order chi connectivity index (χ0) is 11.7. The van der Waals surface area contributed by atoms with Gasteiger partial charge in [0, 0.05) is 7.05 Å². The van der Waals surface area contributed by atoms with Gasteiger partial charge in [0.2, 0.25) is 0 Å². The molecule has 0 fully saturated rings. The third-order valence-electron chi connectivity index (χ3n) is 1.95. The van der Waals surface area contributed by atoms with Gasteiger partial charge in [-0.15, -0.1) is 0 Å². The number of hydrogen-bond donors (Lipinski definition) is 2. The van der Waals surface area contributed by atoms with Gasteiger partial charge < -0.3 is 5.11 Å². The van der Waals surface area contributed by atoms with Gasteiger partial charge >= 0.3 is 6.09 Å². The lowest BCUT2D eigenvalue weighted by molar-refractivity contribution is 0.206. The van der Waals surface area contributed by atoms with Gasteiger partial charge in [-0.1, -0.05) is 0 Å². The van der Waals surface area contributed by atoms with E-state index in [9.17, 15) is 4.79 Å². The van der Waals surface area contributed by atoms with E-state index in [0.717, 1.165) is 10.2 Å². The Hall–Kier alpha value is -1.83. The van der Waals surface area contributed by atoms with E-state index in [1.165, 1.54) is 11.0 Å². The molecule has 0 saturated carbocycles. The summed E-state index contributed by atoms with van der Waals surface area (Å²) >= 11 is 3.36. The molecule has 0 radical (unpaired) electrons. The van der Waals surface area contributed by atoms with E-state index in [2.05, 4.69) is 31.4 Å². The highest BCUT2D eigenvalue weighted by Crippen LogP contribution is 2.25. The fraction of sp³-hybridized carbons (Fsp3) is 0.125. The minimum Gasteiger partial charge on any atom is -0.464 e. The number of imidazole rings is 1. The summed E-state index contributed by atoms with van der Waals surface area (Å²) in [6.07, 6.45) is 3.45. The van der Waals surface area contributed by atoms with Crippen LogP contribution in [0.1, 0.15) is 0 Å². The number of hydrogen-bond acceptors (Lipinski definition) is 3. The summed E-state index contributed by atoms with van der Waals surface area (Å²) in [6.45, 7) is 0. The van der Waals surface area contributed by atoms with Crippen LogP contribution in [0.15, 0.2) is 23.3 Å². The lowest BCUT2D eigenvalue weighted by Crippen LogP contribution is -2.18. The summed E-state index contributed by atoms with van der Waals surface area (Å²) in [5.74, 6) is 0. The number of carboxylic acid groups (broad SMARTS) is 1. The molecule has 2 aromatic rings. The first kappa shape index (κ1) is 10.7. The number of carbonyl (C=O) groups is 1. The van der Waals surface area contributed by atoms with Crippen molar-refractivity contribution in [3.8, 4) is 11.3 Å². The van der Waals surface area contributed by atoms with Crippen LogP contribution < -0.4 is 5.43 Å². The highest BCUT2D eigenvalue weighted by Gasteiger charge is 2.10. The predicted octanol–water partition coefficient (Wildman–Crippen LogP) is 1.27. The molecule has 2 aromatic heterocycles. The van der Waals surface area contributed by atoms with Crippen LogP contribution in [0.2, 0.25) is 0 Å².